The Morgan fingerprint density at radius 2 is 1.93 bits per heavy atom. The minimum Gasteiger partial charge on any atom is -0.496 e. The Labute approximate surface area is 164 Å². The molecule has 1 aliphatic heterocycles. The highest BCUT2D eigenvalue weighted by atomic mass is 16.5. The summed E-state index contributed by atoms with van der Waals surface area (Å²) in [6.45, 7) is 1.26. The molecule has 1 N–H and O–H groups in total. The molecule has 142 valence electrons. The van der Waals surface area contributed by atoms with Gasteiger partial charge in [0.25, 0.3) is 5.91 Å². The van der Waals surface area contributed by atoms with Crippen LogP contribution in [0.4, 0.5) is 11.5 Å². The molecule has 28 heavy (non-hydrogen) atoms. The summed E-state index contributed by atoms with van der Waals surface area (Å²) in [6.07, 6.45) is 5.08. The Morgan fingerprint density at radius 3 is 2.75 bits per heavy atom. The molecule has 1 aromatic heterocycles. The predicted molar refractivity (Wildman–Crippen MR) is 109 cm³/mol. The van der Waals surface area contributed by atoms with Gasteiger partial charge in [-0.15, -0.1) is 0 Å². The van der Waals surface area contributed by atoms with Crippen molar-refractivity contribution >= 4 is 17.4 Å². The summed E-state index contributed by atoms with van der Waals surface area (Å²) in [4.78, 5) is 23.4. The van der Waals surface area contributed by atoms with Crippen LogP contribution in [0, 0.1) is 0 Å². The van der Waals surface area contributed by atoms with E-state index in [-0.39, 0.29) is 5.91 Å². The van der Waals surface area contributed by atoms with Crippen molar-refractivity contribution in [1.82, 2.24) is 9.97 Å². The summed E-state index contributed by atoms with van der Waals surface area (Å²) in [6, 6.07) is 15.8. The number of carbonyl (C=O) groups is 1. The topological polar surface area (TPSA) is 67.3 Å². The van der Waals surface area contributed by atoms with E-state index in [4.69, 9.17) is 4.74 Å². The largest absolute Gasteiger partial charge is 0.496 e. The van der Waals surface area contributed by atoms with E-state index in [1.165, 1.54) is 11.8 Å². The first kappa shape index (κ1) is 18.0. The highest BCUT2D eigenvalue weighted by Crippen LogP contribution is 2.27. The molecule has 6 nitrogen and oxygen atoms in total. The van der Waals surface area contributed by atoms with Gasteiger partial charge in [0.15, 0.2) is 0 Å². The Bertz CT molecular complexity index is 972. The Balaban J connectivity index is 1.46. The van der Waals surface area contributed by atoms with Crippen LogP contribution in [0.25, 0.3) is 0 Å². The van der Waals surface area contributed by atoms with Gasteiger partial charge in [-0.05, 0) is 30.5 Å². The molecule has 3 aromatic rings. The number of benzene rings is 2. The zero-order valence-electron chi connectivity index (χ0n) is 15.8. The Kier molecular flexibility index (Phi) is 5.19. The molecule has 0 aliphatic carbocycles. The van der Waals surface area contributed by atoms with E-state index in [0.29, 0.717) is 24.6 Å². The van der Waals surface area contributed by atoms with Crippen molar-refractivity contribution in [1.29, 1.82) is 0 Å². The minimum atomic E-state index is -0.115. The van der Waals surface area contributed by atoms with Crippen LogP contribution >= 0.6 is 0 Å². The van der Waals surface area contributed by atoms with E-state index in [9.17, 15) is 4.79 Å². The number of anilines is 2. The number of nitrogens with zero attached hydrogens (tertiary/aromatic N) is 3. The summed E-state index contributed by atoms with van der Waals surface area (Å²) < 4.78 is 5.35. The average Bonchev–Trinajstić information content (AvgIpc) is 2.77. The molecule has 0 atom stereocenters. The summed E-state index contributed by atoms with van der Waals surface area (Å²) in [5, 5.41) is 3.22. The lowest BCUT2D eigenvalue weighted by Crippen LogP contribution is -2.36. The normalized spacial score (nSPS) is 13.0. The van der Waals surface area contributed by atoms with Gasteiger partial charge in [0.1, 0.15) is 17.3 Å². The Morgan fingerprint density at radius 1 is 1.11 bits per heavy atom. The first-order valence-electron chi connectivity index (χ1n) is 9.34. The first-order chi connectivity index (χ1) is 13.8. The number of fused-ring (bicyclic) bond motifs is 1. The van der Waals surface area contributed by atoms with Gasteiger partial charge in [-0.25, -0.2) is 9.97 Å². The van der Waals surface area contributed by atoms with Crippen molar-refractivity contribution in [2.75, 3.05) is 23.9 Å². The molecular weight excluding hydrogens is 352 g/mol. The SMILES string of the molecule is COc1ccccc1CNc1cnc(C(=O)N2CCCc3ccccc32)cn1. The number of nitrogens with one attached hydrogen (secondary N) is 1. The number of hydrogen-bond acceptors (Lipinski definition) is 5. The second-order valence-corrected chi connectivity index (χ2v) is 6.64. The third-order valence-electron chi connectivity index (χ3n) is 4.88. The van der Waals surface area contributed by atoms with Gasteiger partial charge in [0.2, 0.25) is 0 Å². The van der Waals surface area contributed by atoms with E-state index in [1.807, 2.05) is 42.5 Å². The number of ether oxygens (including phenoxy) is 1. The molecule has 4 rings (SSSR count). The lowest BCUT2D eigenvalue weighted by Gasteiger charge is -2.29. The van der Waals surface area contributed by atoms with Crippen LogP contribution in [0.2, 0.25) is 0 Å². The maximum absolute atomic E-state index is 12.9. The number of amides is 1. The summed E-state index contributed by atoms with van der Waals surface area (Å²) in [7, 11) is 1.65. The number of hydrogen-bond donors (Lipinski definition) is 1. The Hall–Kier alpha value is -3.41. The molecule has 1 amide bonds. The predicted octanol–water partition coefficient (Wildman–Crippen LogP) is 3.69. The molecule has 6 heteroatoms. The smallest absolute Gasteiger partial charge is 0.278 e. The minimum absolute atomic E-state index is 0.115. The zero-order chi connectivity index (χ0) is 19.3. The van der Waals surface area contributed by atoms with Crippen LogP contribution in [0.3, 0.4) is 0 Å². The van der Waals surface area contributed by atoms with E-state index >= 15 is 0 Å². The van der Waals surface area contributed by atoms with Crippen molar-refractivity contribution in [3.05, 3.63) is 77.7 Å². The first-order valence-corrected chi connectivity index (χ1v) is 9.34. The third-order valence-corrected chi connectivity index (χ3v) is 4.88. The van der Waals surface area contributed by atoms with E-state index in [0.717, 1.165) is 29.8 Å². The summed E-state index contributed by atoms with van der Waals surface area (Å²) in [5.41, 5.74) is 3.54. The maximum Gasteiger partial charge on any atom is 0.278 e. The second-order valence-electron chi connectivity index (χ2n) is 6.64. The fraction of sp³-hybridized carbons (Fsp3) is 0.227. The zero-order valence-corrected chi connectivity index (χ0v) is 15.8. The van der Waals surface area contributed by atoms with Crippen LogP contribution in [0.15, 0.2) is 60.9 Å². The van der Waals surface area contributed by atoms with E-state index in [2.05, 4.69) is 21.4 Å². The maximum atomic E-state index is 12.9. The number of rotatable bonds is 5. The van der Waals surface area contributed by atoms with Crippen molar-refractivity contribution < 1.29 is 9.53 Å². The lowest BCUT2D eigenvalue weighted by atomic mass is 10.0. The molecule has 1 aliphatic rings. The van der Waals surface area contributed by atoms with Gasteiger partial charge in [-0.1, -0.05) is 36.4 Å². The standard InChI is InChI=1S/C22H22N4O2/c1-28-20-11-5-3-8-17(20)13-24-21-15-23-18(14-25-21)22(27)26-12-6-9-16-7-2-4-10-19(16)26/h2-5,7-8,10-11,14-15H,6,9,12-13H2,1H3,(H,24,25). The van der Waals surface area contributed by atoms with E-state index in [1.54, 1.807) is 18.2 Å². The van der Waals surface area contributed by atoms with Gasteiger partial charge in [0.05, 0.1) is 19.5 Å². The summed E-state index contributed by atoms with van der Waals surface area (Å²) in [5.74, 6) is 1.32. The number of para-hydroxylation sites is 2. The number of aromatic nitrogens is 2. The molecule has 0 bridgehead atoms. The van der Waals surface area contributed by atoms with Crippen LogP contribution in [0.5, 0.6) is 5.75 Å². The van der Waals surface area contributed by atoms with Gasteiger partial charge < -0.3 is 15.0 Å². The number of methoxy groups -OCH3 is 1. The van der Waals surface area contributed by atoms with Gasteiger partial charge in [-0.3, -0.25) is 4.79 Å². The average molecular weight is 374 g/mol. The molecule has 0 saturated carbocycles. The van der Waals surface area contributed by atoms with Crippen molar-refractivity contribution in [2.24, 2.45) is 0 Å². The van der Waals surface area contributed by atoms with Crippen LogP contribution < -0.4 is 15.0 Å². The summed E-state index contributed by atoms with van der Waals surface area (Å²) >= 11 is 0. The number of carbonyl (C=O) groups excluding carboxylic acids is 1. The van der Waals surface area contributed by atoms with Gasteiger partial charge in [-0.2, -0.15) is 0 Å². The van der Waals surface area contributed by atoms with Crippen LogP contribution in [-0.2, 0) is 13.0 Å². The van der Waals surface area contributed by atoms with Crippen LogP contribution in [0.1, 0.15) is 28.0 Å². The van der Waals surface area contributed by atoms with Crippen molar-refractivity contribution in [2.45, 2.75) is 19.4 Å². The third kappa shape index (κ3) is 3.67. The highest BCUT2D eigenvalue weighted by molar-refractivity contribution is 6.05. The van der Waals surface area contributed by atoms with Gasteiger partial charge >= 0.3 is 0 Å². The molecule has 0 unspecified atom stereocenters. The number of aryl methyl sites for hydroxylation is 1. The van der Waals surface area contributed by atoms with Gasteiger partial charge in [0, 0.05) is 24.3 Å². The monoisotopic (exact) mass is 374 g/mol. The quantitative estimate of drug-likeness (QED) is 0.738. The second kappa shape index (κ2) is 8.08. The molecule has 2 heterocycles. The van der Waals surface area contributed by atoms with E-state index < -0.39 is 0 Å². The molecule has 0 fully saturated rings. The molecule has 2 aromatic carbocycles. The molecule has 0 radical (unpaired) electrons. The molecular formula is C22H22N4O2. The molecule has 0 saturated heterocycles. The fourth-order valence-corrected chi connectivity index (χ4v) is 3.45. The highest BCUT2D eigenvalue weighted by Gasteiger charge is 2.24. The van der Waals surface area contributed by atoms with Crippen molar-refractivity contribution in [3.63, 3.8) is 0 Å². The van der Waals surface area contributed by atoms with Crippen molar-refractivity contribution in [3.8, 4) is 5.75 Å². The lowest BCUT2D eigenvalue weighted by molar-refractivity contribution is 0.0980. The molecule has 0 spiro atoms. The fourth-order valence-electron chi connectivity index (χ4n) is 3.45. The van der Waals surface area contributed by atoms with Crippen LogP contribution in [-0.4, -0.2) is 29.5 Å².